The van der Waals surface area contributed by atoms with Crippen LogP contribution in [0.4, 0.5) is 0 Å². The van der Waals surface area contributed by atoms with Crippen LogP contribution in [0.15, 0.2) is 0 Å². The fourth-order valence-corrected chi connectivity index (χ4v) is 2.20. The number of rotatable bonds is 3. The molecule has 0 amide bonds. The lowest BCUT2D eigenvalue weighted by molar-refractivity contribution is 0.202. The predicted octanol–water partition coefficient (Wildman–Crippen LogP) is 1.97. The van der Waals surface area contributed by atoms with Gasteiger partial charge in [0.05, 0.1) is 6.04 Å². The third-order valence-electron chi connectivity index (χ3n) is 3.46. The highest BCUT2D eigenvalue weighted by Gasteiger charge is 2.22. The molecule has 3 nitrogen and oxygen atoms in total. The standard InChI is InChI=1S/C11H23N3/c1-9(11(12)13)14(2)10-7-5-3-4-6-8-10/h9-10H,3-8H2,1-2H3,(H3,12,13). The Bertz CT molecular complexity index is 183. The van der Waals surface area contributed by atoms with Crippen LogP contribution in [-0.2, 0) is 0 Å². The van der Waals surface area contributed by atoms with Crippen molar-refractivity contribution in [3.8, 4) is 0 Å². The van der Waals surface area contributed by atoms with Crippen molar-refractivity contribution in [1.29, 1.82) is 5.41 Å². The largest absolute Gasteiger partial charge is 0.386 e. The van der Waals surface area contributed by atoms with Crippen molar-refractivity contribution >= 4 is 5.84 Å². The minimum absolute atomic E-state index is 0.0955. The average molecular weight is 197 g/mol. The molecule has 3 N–H and O–H groups in total. The van der Waals surface area contributed by atoms with Crippen LogP contribution in [0, 0.1) is 5.41 Å². The van der Waals surface area contributed by atoms with Gasteiger partial charge in [-0.25, -0.2) is 0 Å². The second kappa shape index (κ2) is 5.35. The van der Waals surface area contributed by atoms with E-state index < -0.39 is 0 Å². The molecule has 0 aliphatic heterocycles. The molecule has 3 heteroatoms. The smallest absolute Gasteiger partial charge is 0.108 e. The van der Waals surface area contributed by atoms with Gasteiger partial charge in [0, 0.05) is 6.04 Å². The number of nitrogens with one attached hydrogen (secondary N) is 1. The van der Waals surface area contributed by atoms with Gasteiger partial charge in [0.25, 0.3) is 0 Å². The Morgan fingerprint density at radius 2 is 1.79 bits per heavy atom. The Hall–Kier alpha value is -0.570. The minimum Gasteiger partial charge on any atom is -0.386 e. The molecule has 0 spiro atoms. The van der Waals surface area contributed by atoms with Crippen LogP contribution in [0.3, 0.4) is 0 Å². The highest BCUT2D eigenvalue weighted by Crippen LogP contribution is 2.22. The van der Waals surface area contributed by atoms with Crippen molar-refractivity contribution in [3.63, 3.8) is 0 Å². The Morgan fingerprint density at radius 1 is 1.29 bits per heavy atom. The number of nitrogens with two attached hydrogens (primary N) is 1. The molecular formula is C11H23N3. The van der Waals surface area contributed by atoms with E-state index in [1.165, 1.54) is 38.5 Å². The summed E-state index contributed by atoms with van der Waals surface area (Å²) in [7, 11) is 2.10. The van der Waals surface area contributed by atoms with E-state index in [1.807, 2.05) is 6.92 Å². The topological polar surface area (TPSA) is 53.1 Å². The van der Waals surface area contributed by atoms with E-state index in [1.54, 1.807) is 0 Å². The van der Waals surface area contributed by atoms with Crippen LogP contribution >= 0.6 is 0 Å². The lowest BCUT2D eigenvalue weighted by Gasteiger charge is -2.31. The fraction of sp³-hybridized carbons (Fsp3) is 0.909. The lowest BCUT2D eigenvalue weighted by atomic mass is 10.1. The van der Waals surface area contributed by atoms with E-state index in [0.29, 0.717) is 6.04 Å². The van der Waals surface area contributed by atoms with Gasteiger partial charge in [-0.2, -0.15) is 0 Å². The molecule has 0 aromatic heterocycles. The molecule has 0 saturated heterocycles. The van der Waals surface area contributed by atoms with Gasteiger partial charge in [0.1, 0.15) is 5.84 Å². The van der Waals surface area contributed by atoms with Crippen molar-refractivity contribution in [2.75, 3.05) is 7.05 Å². The molecule has 82 valence electrons. The second-order valence-corrected chi connectivity index (χ2v) is 4.44. The van der Waals surface area contributed by atoms with Crippen molar-refractivity contribution in [2.24, 2.45) is 5.73 Å². The lowest BCUT2D eigenvalue weighted by Crippen LogP contribution is -2.45. The summed E-state index contributed by atoms with van der Waals surface area (Å²) in [6.45, 7) is 2.02. The first-order valence-electron chi connectivity index (χ1n) is 5.68. The zero-order chi connectivity index (χ0) is 10.6. The van der Waals surface area contributed by atoms with Gasteiger partial charge in [-0.05, 0) is 26.8 Å². The Balaban J connectivity index is 2.48. The van der Waals surface area contributed by atoms with E-state index >= 15 is 0 Å². The van der Waals surface area contributed by atoms with Crippen LogP contribution in [0.5, 0.6) is 0 Å². The maximum absolute atomic E-state index is 7.44. The summed E-state index contributed by atoms with van der Waals surface area (Å²) in [5, 5.41) is 7.44. The van der Waals surface area contributed by atoms with Crippen molar-refractivity contribution in [3.05, 3.63) is 0 Å². The summed E-state index contributed by atoms with van der Waals surface area (Å²) in [5.41, 5.74) is 5.52. The summed E-state index contributed by atoms with van der Waals surface area (Å²) in [4.78, 5) is 2.27. The first-order valence-corrected chi connectivity index (χ1v) is 5.68. The zero-order valence-corrected chi connectivity index (χ0v) is 9.42. The molecule has 1 aliphatic carbocycles. The highest BCUT2D eigenvalue weighted by atomic mass is 15.2. The molecule has 0 heterocycles. The number of likely N-dealkylation sites (N-methyl/N-ethyl adjacent to an activating group) is 1. The monoisotopic (exact) mass is 197 g/mol. The van der Waals surface area contributed by atoms with Crippen LogP contribution in [0.25, 0.3) is 0 Å². The van der Waals surface area contributed by atoms with E-state index in [-0.39, 0.29) is 11.9 Å². The number of hydrogen-bond donors (Lipinski definition) is 2. The third-order valence-corrected chi connectivity index (χ3v) is 3.46. The molecule has 1 unspecified atom stereocenters. The molecule has 0 radical (unpaired) electrons. The molecule has 1 atom stereocenters. The summed E-state index contributed by atoms with van der Waals surface area (Å²) in [5.74, 6) is 0.289. The molecule has 1 saturated carbocycles. The highest BCUT2D eigenvalue weighted by molar-refractivity contribution is 5.82. The molecule has 0 aromatic rings. The Morgan fingerprint density at radius 3 is 2.21 bits per heavy atom. The number of nitrogens with zero attached hydrogens (tertiary/aromatic N) is 1. The zero-order valence-electron chi connectivity index (χ0n) is 9.42. The number of hydrogen-bond acceptors (Lipinski definition) is 2. The first-order chi connectivity index (χ1) is 6.63. The van der Waals surface area contributed by atoms with E-state index in [4.69, 9.17) is 11.1 Å². The maximum Gasteiger partial charge on any atom is 0.108 e. The summed E-state index contributed by atoms with van der Waals surface area (Å²) in [6, 6.07) is 0.731. The molecular weight excluding hydrogens is 174 g/mol. The van der Waals surface area contributed by atoms with Gasteiger partial charge < -0.3 is 5.73 Å². The summed E-state index contributed by atoms with van der Waals surface area (Å²) in [6.07, 6.45) is 7.96. The first kappa shape index (κ1) is 11.5. The average Bonchev–Trinajstić information content (AvgIpc) is 2.43. The van der Waals surface area contributed by atoms with Gasteiger partial charge in [-0.1, -0.05) is 25.7 Å². The number of amidine groups is 1. The predicted molar refractivity (Wildman–Crippen MR) is 60.6 cm³/mol. The molecule has 0 aromatic carbocycles. The molecule has 1 aliphatic rings. The van der Waals surface area contributed by atoms with Crippen LogP contribution in [-0.4, -0.2) is 29.9 Å². The third kappa shape index (κ3) is 2.98. The van der Waals surface area contributed by atoms with Gasteiger partial charge in [-0.15, -0.1) is 0 Å². The van der Waals surface area contributed by atoms with E-state index in [9.17, 15) is 0 Å². The van der Waals surface area contributed by atoms with Crippen LogP contribution < -0.4 is 5.73 Å². The quantitative estimate of drug-likeness (QED) is 0.413. The second-order valence-electron chi connectivity index (χ2n) is 4.44. The van der Waals surface area contributed by atoms with Gasteiger partial charge >= 0.3 is 0 Å². The maximum atomic E-state index is 7.44. The molecule has 1 fully saturated rings. The van der Waals surface area contributed by atoms with Crippen molar-refractivity contribution in [2.45, 2.75) is 57.5 Å². The van der Waals surface area contributed by atoms with Gasteiger partial charge in [0.2, 0.25) is 0 Å². The SMILES string of the molecule is CC(C(=N)N)N(C)C1CCCCCC1. The normalized spacial score (nSPS) is 21.9. The van der Waals surface area contributed by atoms with Crippen molar-refractivity contribution in [1.82, 2.24) is 4.90 Å². The van der Waals surface area contributed by atoms with Crippen LogP contribution in [0.2, 0.25) is 0 Å². The summed E-state index contributed by atoms with van der Waals surface area (Å²) >= 11 is 0. The minimum atomic E-state index is 0.0955. The fourth-order valence-electron chi connectivity index (χ4n) is 2.20. The summed E-state index contributed by atoms with van der Waals surface area (Å²) < 4.78 is 0. The van der Waals surface area contributed by atoms with Crippen molar-refractivity contribution < 1.29 is 0 Å². The molecule has 14 heavy (non-hydrogen) atoms. The van der Waals surface area contributed by atoms with Gasteiger partial charge in [0.15, 0.2) is 0 Å². The molecule has 0 bridgehead atoms. The Labute approximate surface area is 87.2 Å². The van der Waals surface area contributed by atoms with E-state index in [0.717, 1.165) is 0 Å². The van der Waals surface area contributed by atoms with Crippen LogP contribution in [0.1, 0.15) is 45.4 Å². The molecule has 1 rings (SSSR count). The Kier molecular flexibility index (Phi) is 4.39. The van der Waals surface area contributed by atoms with Gasteiger partial charge in [-0.3, -0.25) is 10.3 Å². The van der Waals surface area contributed by atoms with E-state index in [2.05, 4.69) is 11.9 Å².